The molecular formula is C28H38N2O5. The van der Waals surface area contributed by atoms with Gasteiger partial charge in [0.05, 0.1) is 0 Å². The summed E-state index contributed by atoms with van der Waals surface area (Å²) in [6.45, 7) is 0.743. The number of carbonyl (C=O) groups excluding carboxylic acids is 2. The second-order valence-corrected chi connectivity index (χ2v) is 8.92. The van der Waals surface area contributed by atoms with Crippen LogP contribution in [0.3, 0.4) is 0 Å². The summed E-state index contributed by atoms with van der Waals surface area (Å²) in [6, 6.07) is 19.1. The molecule has 2 amide bonds. The maximum Gasteiger partial charge on any atom is 0.411 e. The molecule has 1 aliphatic heterocycles. The maximum atomic E-state index is 13.2. The number of carbonyl (C=O) groups is 2. The molecule has 1 aliphatic rings. The van der Waals surface area contributed by atoms with Gasteiger partial charge in [0.2, 0.25) is 5.91 Å². The molecule has 35 heavy (non-hydrogen) atoms. The number of rotatable bonds is 12. The number of aryl methyl sites for hydroxylation is 1. The predicted molar refractivity (Wildman–Crippen MR) is 135 cm³/mol. The van der Waals surface area contributed by atoms with Crippen LogP contribution in [0.4, 0.5) is 4.79 Å². The molecule has 0 aromatic heterocycles. The topological polar surface area (TPSA) is 77.1 Å². The molecule has 190 valence electrons. The fourth-order valence-corrected chi connectivity index (χ4v) is 4.58. The van der Waals surface area contributed by atoms with Crippen molar-refractivity contribution in [3.8, 4) is 0 Å². The number of unbranched alkanes of at least 4 members (excludes halogenated alkanes) is 1. The van der Waals surface area contributed by atoms with E-state index in [2.05, 4.69) is 17.4 Å². The first-order chi connectivity index (χ1) is 17.1. The van der Waals surface area contributed by atoms with Gasteiger partial charge in [0.1, 0.15) is 12.6 Å². The summed E-state index contributed by atoms with van der Waals surface area (Å²) in [7, 11) is 3.16. The van der Waals surface area contributed by atoms with Crippen LogP contribution in [-0.4, -0.2) is 56.0 Å². The molecule has 0 aliphatic carbocycles. The Kier molecular flexibility index (Phi) is 11.1. The molecule has 2 aromatic carbocycles. The van der Waals surface area contributed by atoms with Crippen molar-refractivity contribution in [3.05, 3.63) is 71.8 Å². The van der Waals surface area contributed by atoms with E-state index < -0.39 is 18.4 Å². The van der Waals surface area contributed by atoms with Crippen molar-refractivity contribution in [1.29, 1.82) is 0 Å². The minimum atomic E-state index is -0.569. The van der Waals surface area contributed by atoms with Gasteiger partial charge in [-0.1, -0.05) is 60.7 Å². The maximum absolute atomic E-state index is 13.2. The van der Waals surface area contributed by atoms with E-state index in [9.17, 15) is 9.59 Å². The monoisotopic (exact) mass is 482 g/mol. The lowest BCUT2D eigenvalue weighted by Gasteiger charge is -2.41. The molecule has 1 N–H and O–H groups in total. The fourth-order valence-electron chi connectivity index (χ4n) is 4.58. The fraction of sp³-hybridized carbons (Fsp3) is 0.500. The second kappa shape index (κ2) is 14.5. The van der Waals surface area contributed by atoms with Gasteiger partial charge in [-0.05, 0) is 49.7 Å². The second-order valence-electron chi connectivity index (χ2n) is 8.92. The average Bonchev–Trinajstić information content (AvgIpc) is 2.91. The molecule has 7 nitrogen and oxygen atoms in total. The van der Waals surface area contributed by atoms with Gasteiger partial charge in [-0.2, -0.15) is 0 Å². The Bertz CT molecular complexity index is 889. The highest BCUT2D eigenvalue weighted by Crippen LogP contribution is 2.28. The molecule has 7 heteroatoms. The number of nitrogens with zero attached hydrogens (tertiary/aromatic N) is 1. The minimum Gasteiger partial charge on any atom is -0.445 e. The number of ether oxygens (including phenoxy) is 3. The summed E-state index contributed by atoms with van der Waals surface area (Å²) in [6.07, 6.45) is 4.62. The van der Waals surface area contributed by atoms with Gasteiger partial charge in [-0.15, -0.1) is 0 Å². The Labute approximate surface area is 208 Å². The molecule has 1 heterocycles. The third-order valence-corrected chi connectivity index (χ3v) is 6.49. The molecule has 0 radical (unpaired) electrons. The van der Waals surface area contributed by atoms with Gasteiger partial charge in [0.25, 0.3) is 0 Å². The van der Waals surface area contributed by atoms with Crippen molar-refractivity contribution in [2.24, 2.45) is 0 Å². The Morgan fingerprint density at radius 1 is 0.943 bits per heavy atom. The molecule has 1 saturated heterocycles. The van der Waals surface area contributed by atoms with Gasteiger partial charge in [-0.3, -0.25) is 9.69 Å². The number of benzene rings is 2. The van der Waals surface area contributed by atoms with E-state index in [-0.39, 0.29) is 18.6 Å². The highest BCUT2D eigenvalue weighted by Gasteiger charge is 2.40. The summed E-state index contributed by atoms with van der Waals surface area (Å²) in [5, 5.41) is 3.05. The number of methoxy groups -OCH3 is 2. The zero-order chi connectivity index (χ0) is 24.9. The van der Waals surface area contributed by atoms with Gasteiger partial charge in [0.15, 0.2) is 6.29 Å². The number of likely N-dealkylation sites (tertiary alicyclic amines) is 1. The summed E-state index contributed by atoms with van der Waals surface area (Å²) >= 11 is 0. The molecule has 2 atom stereocenters. The molecule has 0 spiro atoms. The van der Waals surface area contributed by atoms with Crippen LogP contribution in [0.5, 0.6) is 0 Å². The van der Waals surface area contributed by atoms with E-state index >= 15 is 0 Å². The van der Waals surface area contributed by atoms with E-state index in [4.69, 9.17) is 14.2 Å². The van der Waals surface area contributed by atoms with Crippen LogP contribution in [0, 0.1) is 0 Å². The highest BCUT2D eigenvalue weighted by atomic mass is 16.7. The SMILES string of the molecule is COC(CC1CCCC(C(=O)NCCCCc2ccccc2)N1C(=O)OCc1ccccc1)OC. The van der Waals surface area contributed by atoms with Crippen LogP contribution in [0.25, 0.3) is 0 Å². The quantitative estimate of drug-likeness (QED) is 0.351. The first-order valence-corrected chi connectivity index (χ1v) is 12.5. The number of piperidine rings is 1. The lowest BCUT2D eigenvalue weighted by molar-refractivity contribution is -0.135. The largest absolute Gasteiger partial charge is 0.445 e. The van der Waals surface area contributed by atoms with Gasteiger partial charge in [0, 0.05) is 33.2 Å². The molecule has 1 fully saturated rings. The molecular weight excluding hydrogens is 444 g/mol. The zero-order valence-corrected chi connectivity index (χ0v) is 20.9. The van der Waals surface area contributed by atoms with Crippen molar-refractivity contribution in [2.75, 3.05) is 20.8 Å². The molecule has 2 aromatic rings. The van der Waals surface area contributed by atoms with Crippen molar-refractivity contribution < 1.29 is 23.8 Å². The van der Waals surface area contributed by atoms with Crippen LogP contribution >= 0.6 is 0 Å². The Morgan fingerprint density at radius 3 is 2.26 bits per heavy atom. The molecule has 0 saturated carbocycles. The first kappa shape index (κ1) is 26.7. The lowest BCUT2D eigenvalue weighted by atomic mass is 9.93. The molecule has 3 rings (SSSR count). The third-order valence-electron chi connectivity index (χ3n) is 6.49. The molecule has 2 unspecified atom stereocenters. The number of hydrogen-bond donors (Lipinski definition) is 1. The Morgan fingerprint density at radius 2 is 1.60 bits per heavy atom. The smallest absolute Gasteiger partial charge is 0.411 e. The van der Waals surface area contributed by atoms with Crippen LogP contribution < -0.4 is 5.32 Å². The summed E-state index contributed by atoms with van der Waals surface area (Å²) in [5.41, 5.74) is 2.20. The standard InChI is InChI=1S/C28H38N2O5/c1-33-26(34-2)20-24-17-11-18-25(30(24)28(32)35-21-23-15-7-4-8-16-23)27(31)29-19-10-9-14-22-12-5-3-6-13-22/h3-8,12-13,15-16,24-26H,9-11,14,17-21H2,1-2H3,(H,29,31). The Hall–Kier alpha value is -2.90. The predicted octanol–water partition coefficient (Wildman–Crippen LogP) is 4.69. The first-order valence-electron chi connectivity index (χ1n) is 12.5. The van der Waals surface area contributed by atoms with Gasteiger partial charge >= 0.3 is 6.09 Å². The van der Waals surface area contributed by atoms with E-state index in [1.54, 1.807) is 19.1 Å². The summed E-state index contributed by atoms with van der Waals surface area (Å²) < 4.78 is 16.4. The van der Waals surface area contributed by atoms with Crippen molar-refractivity contribution in [3.63, 3.8) is 0 Å². The summed E-state index contributed by atoms with van der Waals surface area (Å²) in [5.74, 6) is -0.127. The third kappa shape index (κ3) is 8.37. The van der Waals surface area contributed by atoms with Crippen molar-refractivity contribution >= 4 is 12.0 Å². The summed E-state index contributed by atoms with van der Waals surface area (Å²) in [4.78, 5) is 28.0. The average molecular weight is 483 g/mol. The highest BCUT2D eigenvalue weighted by molar-refractivity contribution is 5.86. The Balaban J connectivity index is 1.59. The van der Waals surface area contributed by atoms with Crippen LogP contribution in [0.1, 0.15) is 49.7 Å². The molecule has 0 bridgehead atoms. The van der Waals surface area contributed by atoms with E-state index in [1.807, 2.05) is 48.5 Å². The van der Waals surface area contributed by atoms with Crippen LogP contribution in [0.2, 0.25) is 0 Å². The normalized spacial score (nSPS) is 17.9. The van der Waals surface area contributed by atoms with E-state index in [0.29, 0.717) is 19.4 Å². The van der Waals surface area contributed by atoms with Crippen LogP contribution in [0.15, 0.2) is 60.7 Å². The van der Waals surface area contributed by atoms with E-state index in [1.165, 1.54) is 5.56 Å². The van der Waals surface area contributed by atoms with E-state index in [0.717, 1.165) is 37.7 Å². The minimum absolute atomic E-state index is 0.127. The van der Waals surface area contributed by atoms with Crippen molar-refractivity contribution in [1.82, 2.24) is 10.2 Å². The number of hydrogen-bond acceptors (Lipinski definition) is 5. The zero-order valence-electron chi connectivity index (χ0n) is 20.9. The van der Waals surface area contributed by atoms with Gasteiger partial charge in [-0.25, -0.2) is 4.79 Å². The van der Waals surface area contributed by atoms with Crippen molar-refractivity contribution in [2.45, 2.75) is 69.9 Å². The lowest BCUT2D eigenvalue weighted by Crippen LogP contribution is -2.57. The number of nitrogens with one attached hydrogen (secondary N) is 1. The van der Waals surface area contributed by atoms with Crippen LogP contribution in [-0.2, 0) is 32.0 Å². The van der Waals surface area contributed by atoms with Gasteiger partial charge < -0.3 is 19.5 Å². The number of amides is 2.